The molecule has 2 aromatic carbocycles. The number of ether oxygens (including phenoxy) is 2. The summed E-state index contributed by atoms with van der Waals surface area (Å²) in [6.07, 6.45) is 2.17. The molecule has 2 unspecified atom stereocenters. The van der Waals surface area contributed by atoms with E-state index in [0.29, 0.717) is 23.7 Å². The van der Waals surface area contributed by atoms with E-state index in [2.05, 4.69) is 5.32 Å². The Hall–Kier alpha value is -3.55. The smallest absolute Gasteiger partial charge is 0.329 e. The zero-order valence-corrected chi connectivity index (χ0v) is 18.2. The Morgan fingerprint density at radius 1 is 1.09 bits per heavy atom. The van der Waals surface area contributed by atoms with Gasteiger partial charge in [-0.3, -0.25) is 9.59 Å². The maximum Gasteiger partial charge on any atom is 0.329 e. The summed E-state index contributed by atoms with van der Waals surface area (Å²) in [4.78, 5) is 41.2. The maximum atomic E-state index is 13.1. The van der Waals surface area contributed by atoms with E-state index in [-0.39, 0.29) is 30.7 Å². The molecule has 2 heterocycles. The number of para-hydroxylation sites is 1. The first-order valence-corrected chi connectivity index (χ1v) is 10.7. The second-order valence-electron chi connectivity index (χ2n) is 7.90. The normalized spacial score (nSPS) is 20.4. The van der Waals surface area contributed by atoms with Gasteiger partial charge >= 0.3 is 6.03 Å². The first-order valence-electron chi connectivity index (χ1n) is 10.7. The molecule has 32 heavy (non-hydrogen) atoms. The van der Waals surface area contributed by atoms with Gasteiger partial charge in [-0.15, -0.1) is 0 Å². The standard InChI is InChI=1S/C24H27N3O5/c1-31-17-10-11-18(21(15-17)32-2)20-9-6-14-26(20)22(28)13-12-19-23(29)27(24(30)25-19)16-7-4-3-5-8-16/h3-5,7-8,10-11,15,19-20H,6,9,12-14H2,1-2H3,(H,25,30). The fourth-order valence-electron chi connectivity index (χ4n) is 4.44. The van der Waals surface area contributed by atoms with Gasteiger partial charge in [-0.2, -0.15) is 0 Å². The van der Waals surface area contributed by atoms with E-state index in [1.807, 2.05) is 29.2 Å². The minimum absolute atomic E-state index is 0.0365. The van der Waals surface area contributed by atoms with Crippen molar-refractivity contribution < 1.29 is 23.9 Å². The van der Waals surface area contributed by atoms with Crippen molar-refractivity contribution in [3.63, 3.8) is 0 Å². The Morgan fingerprint density at radius 2 is 1.88 bits per heavy atom. The summed E-state index contributed by atoms with van der Waals surface area (Å²) in [7, 11) is 3.20. The summed E-state index contributed by atoms with van der Waals surface area (Å²) >= 11 is 0. The van der Waals surface area contributed by atoms with Crippen LogP contribution < -0.4 is 19.7 Å². The average molecular weight is 437 g/mol. The van der Waals surface area contributed by atoms with E-state index in [4.69, 9.17) is 9.47 Å². The van der Waals surface area contributed by atoms with Crippen molar-refractivity contribution in [1.29, 1.82) is 0 Å². The van der Waals surface area contributed by atoms with Crippen LogP contribution in [0.2, 0.25) is 0 Å². The van der Waals surface area contributed by atoms with Gasteiger partial charge in [0.2, 0.25) is 5.91 Å². The van der Waals surface area contributed by atoms with E-state index in [1.54, 1.807) is 38.5 Å². The molecule has 168 valence electrons. The number of methoxy groups -OCH3 is 2. The van der Waals surface area contributed by atoms with Crippen LogP contribution in [0.5, 0.6) is 11.5 Å². The first-order chi connectivity index (χ1) is 15.5. The molecule has 2 fully saturated rings. The molecular weight excluding hydrogens is 410 g/mol. The van der Waals surface area contributed by atoms with Crippen LogP contribution in [0.25, 0.3) is 0 Å². The van der Waals surface area contributed by atoms with Gasteiger partial charge in [-0.1, -0.05) is 18.2 Å². The molecule has 8 nitrogen and oxygen atoms in total. The van der Waals surface area contributed by atoms with Gasteiger partial charge in [-0.05, 0) is 43.5 Å². The third-order valence-electron chi connectivity index (χ3n) is 6.05. The van der Waals surface area contributed by atoms with Gasteiger partial charge in [0.1, 0.15) is 17.5 Å². The quantitative estimate of drug-likeness (QED) is 0.672. The zero-order valence-electron chi connectivity index (χ0n) is 18.2. The molecule has 2 saturated heterocycles. The Morgan fingerprint density at radius 3 is 2.59 bits per heavy atom. The van der Waals surface area contributed by atoms with Crippen LogP contribution in [-0.2, 0) is 9.59 Å². The number of imide groups is 1. The predicted molar refractivity (Wildman–Crippen MR) is 119 cm³/mol. The number of likely N-dealkylation sites (tertiary alicyclic amines) is 1. The number of nitrogens with zero attached hydrogens (tertiary/aromatic N) is 2. The molecule has 1 N–H and O–H groups in total. The summed E-state index contributed by atoms with van der Waals surface area (Å²) < 4.78 is 10.8. The van der Waals surface area contributed by atoms with Crippen LogP contribution >= 0.6 is 0 Å². The minimum Gasteiger partial charge on any atom is -0.497 e. The molecule has 0 spiro atoms. The van der Waals surface area contributed by atoms with Crippen molar-refractivity contribution in [2.45, 2.75) is 37.8 Å². The number of hydrogen-bond donors (Lipinski definition) is 1. The zero-order chi connectivity index (χ0) is 22.7. The molecule has 0 radical (unpaired) electrons. The van der Waals surface area contributed by atoms with Crippen molar-refractivity contribution in [2.24, 2.45) is 0 Å². The van der Waals surface area contributed by atoms with E-state index >= 15 is 0 Å². The van der Waals surface area contributed by atoms with Crippen molar-refractivity contribution in [3.05, 3.63) is 54.1 Å². The van der Waals surface area contributed by atoms with Gasteiger partial charge in [0.05, 0.1) is 25.9 Å². The van der Waals surface area contributed by atoms with Crippen molar-refractivity contribution >= 4 is 23.5 Å². The van der Waals surface area contributed by atoms with Gasteiger partial charge in [-0.25, -0.2) is 9.69 Å². The van der Waals surface area contributed by atoms with Crippen LogP contribution in [0, 0.1) is 0 Å². The van der Waals surface area contributed by atoms with Gasteiger partial charge in [0, 0.05) is 24.6 Å². The van der Waals surface area contributed by atoms with E-state index in [9.17, 15) is 14.4 Å². The number of carbonyl (C=O) groups is 3. The van der Waals surface area contributed by atoms with Gasteiger partial charge in [0.15, 0.2) is 0 Å². The largest absolute Gasteiger partial charge is 0.497 e. The highest BCUT2D eigenvalue weighted by molar-refractivity contribution is 6.21. The summed E-state index contributed by atoms with van der Waals surface area (Å²) in [5.74, 6) is 1.01. The third kappa shape index (κ3) is 4.12. The Kier molecular flexibility index (Phi) is 6.30. The maximum absolute atomic E-state index is 13.1. The SMILES string of the molecule is COc1ccc(C2CCCN2C(=O)CCC2NC(=O)N(c3ccccc3)C2=O)c(OC)c1. The number of nitrogens with one attached hydrogen (secondary N) is 1. The van der Waals surface area contributed by atoms with Crippen LogP contribution in [-0.4, -0.2) is 49.6 Å². The summed E-state index contributed by atoms with van der Waals surface area (Å²) in [5.41, 5.74) is 1.47. The molecule has 0 aromatic heterocycles. The topological polar surface area (TPSA) is 88.2 Å². The van der Waals surface area contributed by atoms with E-state index in [0.717, 1.165) is 23.3 Å². The predicted octanol–water partition coefficient (Wildman–Crippen LogP) is 3.27. The number of hydrogen-bond acceptors (Lipinski definition) is 5. The Labute approximate surface area is 187 Å². The molecule has 2 atom stereocenters. The number of urea groups is 1. The molecule has 8 heteroatoms. The second kappa shape index (κ2) is 9.30. The van der Waals surface area contributed by atoms with Crippen LogP contribution in [0.4, 0.5) is 10.5 Å². The molecule has 0 aliphatic carbocycles. The van der Waals surface area contributed by atoms with Gasteiger partial charge < -0.3 is 19.7 Å². The molecule has 2 aliphatic heterocycles. The fraction of sp³-hybridized carbons (Fsp3) is 0.375. The lowest BCUT2D eigenvalue weighted by atomic mass is 10.0. The monoisotopic (exact) mass is 437 g/mol. The number of anilines is 1. The summed E-state index contributed by atoms with van der Waals surface area (Å²) in [5, 5.41) is 2.70. The van der Waals surface area contributed by atoms with Crippen LogP contribution in [0.15, 0.2) is 48.5 Å². The molecule has 0 saturated carbocycles. The van der Waals surface area contributed by atoms with Crippen molar-refractivity contribution in [3.8, 4) is 11.5 Å². The Bertz CT molecular complexity index is 1010. The fourth-order valence-corrected chi connectivity index (χ4v) is 4.44. The van der Waals surface area contributed by atoms with E-state index in [1.165, 1.54) is 0 Å². The summed E-state index contributed by atoms with van der Waals surface area (Å²) in [6, 6.07) is 13.2. The van der Waals surface area contributed by atoms with Crippen LogP contribution in [0.1, 0.15) is 37.3 Å². The minimum atomic E-state index is -0.705. The molecule has 0 bridgehead atoms. The molecule has 2 aliphatic rings. The average Bonchev–Trinajstić information content (AvgIpc) is 3.41. The van der Waals surface area contributed by atoms with Crippen molar-refractivity contribution in [2.75, 3.05) is 25.7 Å². The van der Waals surface area contributed by atoms with Gasteiger partial charge in [0.25, 0.3) is 5.91 Å². The highest BCUT2D eigenvalue weighted by Gasteiger charge is 2.40. The van der Waals surface area contributed by atoms with Crippen LogP contribution in [0.3, 0.4) is 0 Å². The Balaban J connectivity index is 1.42. The molecule has 4 amide bonds. The van der Waals surface area contributed by atoms with E-state index < -0.39 is 12.1 Å². The molecule has 2 aromatic rings. The lowest BCUT2D eigenvalue weighted by molar-refractivity contribution is -0.132. The number of carbonyl (C=O) groups excluding carboxylic acids is 3. The highest BCUT2D eigenvalue weighted by atomic mass is 16.5. The molecular formula is C24H27N3O5. The van der Waals surface area contributed by atoms with Crippen molar-refractivity contribution in [1.82, 2.24) is 10.2 Å². The third-order valence-corrected chi connectivity index (χ3v) is 6.05. The number of rotatable bonds is 7. The highest BCUT2D eigenvalue weighted by Crippen LogP contribution is 2.39. The molecule has 4 rings (SSSR count). The lowest BCUT2D eigenvalue weighted by Gasteiger charge is -2.27. The lowest BCUT2D eigenvalue weighted by Crippen LogP contribution is -2.34. The summed E-state index contributed by atoms with van der Waals surface area (Å²) in [6.45, 7) is 0.653. The number of amides is 4. The number of benzene rings is 2. The first kappa shape index (κ1) is 21.7. The second-order valence-corrected chi connectivity index (χ2v) is 7.90.